The molecule has 0 aromatic heterocycles. The maximum Gasteiger partial charge on any atom is 0.166 e. The van der Waals surface area contributed by atoms with Gasteiger partial charge in [-0.1, -0.05) is 96.5 Å². The van der Waals surface area contributed by atoms with Crippen LogP contribution in [0.3, 0.4) is 0 Å². The molecule has 0 amide bonds. The smallest absolute Gasteiger partial charge is 0.166 e. The SMILES string of the molecule is C=C(C)/C=C\C(=C)C(=C)/C=C\C(=C)C(=C)/C(F)=C(/F)C(=C)C(C)CCC(C)C. The monoisotopic (exact) mass is 384 g/mol. The van der Waals surface area contributed by atoms with Crippen molar-refractivity contribution in [3.05, 3.63) is 109 Å². The fourth-order valence-corrected chi connectivity index (χ4v) is 2.15. The molecule has 0 fully saturated rings. The maximum absolute atomic E-state index is 14.5. The lowest BCUT2D eigenvalue weighted by molar-refractivity contribution is 0.468. The predicted molar refractivity (Wildman–Crippen MR) is 121 cm³/mol. The second-order valence-electron chi connectivity index (χ2n) is 7.59. The first kappa shape index (κ1) is 25.5. The van der Waals surface area contributed by atoms with E-state index in [0.717, 1.165) is 18.4 Å². The maximum atomic E-state index is 14.5. The molecule has 2 heteroatoms. The van der Waals surface area contributed by atoms with E-state index in [0.29, 0.717) is 17.1 Å². The second kappa shape index (κ2) is 12.1. The van der Waals surface area contributed by atoms with Crippen LogP contribution in [0.25, 0.3) is 0 Å². The van der Waals surface area contributed by atoms with Crippen molar-refractivity contribution in [2.24, 2.45) is 11.8 Å². The molecule has 0 aliphatic heterocycles. The second-order valence-corrected chi connectivity index (χ2v) is 7.59. The van der Waals surface area contributed by atoms with Gasteiger partial charge in [-0.3, -0.25) is 0 Å². The molecule has 0 nitrogen and oxygen atoms in total. The number of halogens is 2. The lowest BCUT2D eigenvalue weighted by Crippen LogP contribution is -2.03. The first-order chi connectivity index (χ1) is 12.9. The summed E-state index contributed by atoms with van der Waals surface area (Å²) in [5.74, 6) is -1.63. The Morgan fingerprint density at radius 1 is 0.714 bits per heavy atom. The minimum Gasteiger partial charge on any atom is -0.203 e. The topological polar surface area (TPSA) is 0 Å². The minimum atomic E-state index is -1.03. The summed E-state index contributed by atoms with van der Waals surface area (Å²) < 4.78 is 29.0. The van der Waals surface area contributed by atoms with Gasteiger partial charge >= 0.3 is 0 Å². The Morgan fingerprint density at radius 2 is 1.18 bits per heavy atom. The van der Waals surface area contributed by atoms with Crippen LogP contribution in [0.15, 0.2) is 109 Å². The Bertz CT molecular complexity index is 751. The lowest BCUT2D eigenvalue weighted by atomic mass is 9.92. The Kier molecular flexibility index (Phi) is 11.0. The Hall–Kier alpha value is -2.48. The van der Waals surface area contributed by atoms with E-state index in [2.05, 4.69) is 53.3 Å². The molecule has 0 aromatic carbocycles. The van der Waals surface area contributed by atoms with E-state index in [1.54, 1.807) is 18.2 Å². The quantitative estimate of drug-likeness (QED) is 0.295. The molecule has 0 N–H and O–H groups in total. The van der Waals surface area contributed by atoms with Crippen molar-refractivity contribution < 1.29 is 8.78 Å². The van der Waals surface area contributed by atoms with Crippen LogP contribution in [0.1, 0.15) is 40.5 Å². The zero-order valence-corrected chi connectivity index (χ0v) is 17.9. The summed E-state index contributed by atoms with van der Waals surface area (Å²) in [4.78, 5) is 0. The van der Waals surface area contributed by atoms with Crippen LogP contribution < -0.4 is 0 Å². The van der Waals surface area contributed by atoms with E-state index in [4.69, 9.17) is 0 Å². The molecule has 28 heavy (non-hydrogen) atoms. The first-order valence-electron chi connectivity index (χ1n) is 9.41. The van der Waals surface area contributed by atoms with Crippen LogP contribution in [0, 0.1) is 11.8 Å². The molecule has 1 atom stereocenters. The van der Waals surface area contributed by atoms with Crippen LogP contribution in [-0.2, 0) is 0 Å². The molecule has 0 saturated carbocycles. The van der Waals surface area contributed by atoms with Crippen LogP contribution >= 0.6 is 0 Å². The van der Waals surface area contributed by atoms with Crippen molar-refractivity contribution in [1.82, 2.24) is 0 Å². The molecular formula is C26H34F2. The van der Waals surface area contributed by atoms with Gasteiger partial charge in [0.2, 0.25) is 0 Å². The summed E-state index contributed by atoms with van der Waals surface area (Å²) in [7, 11) is 0. The van der Waals surface area contributed by atoms with E-state index >= 15 is 0 Å². The van der Waals surface area contributed by atoms with Crippen LogP contribution in [-0.4, -0.2) is 0 Å². The minimum absolute atomic E-state index is 0.109. The molecule has 152 valence electrons. The highest BCUT2D eigenvalue weighted by Crippen LogP contribution is 2.31. The third-order valence-electron chi connectivity index (χ3n) is 4.37. The standard InChI is InChI=1S/C26H34F2/c1-17(2)11-13-19(5)20(6)15-16-22(8)24(10)26(28)25(27)23(9)21(7)14-12-18(3)4/h11,13,15-16,18,21H,1,5-6,8-10,12,14H2,2-4,7H3/b13-11-,16-15-,26-25-. The average Bonchev–Trinajstić information content (AvgIpc) is 2.65. The molecule has 0 aromatic rings. The van der Waals surface area contributed by atoms with Gasteiger partial charge in [-0.2, -0.15) is 0 Å². The number of hydrogen-bond donors (Lipinski definition) is 0. The van der Waals surface area contributed by atoms with E-state index in [1.165, 1.54) is 0 Å². The molecule has 0 saturated heterocycles. The molecule has 1 unspecified atom stereocenters. The van der Waals surface area contributed by atoms with Crippen molar-refractivity contribution in [2.75, 3.05) is 0 Å². The van der Waals surface area contributed by atoms with E-state index < -0.39 is 11.7 Å². The van der Waals surface area contributed by atoms with E-state index in [9.17, 15) is 8.78 Å². The van der Waals surface area contributed by atoms with Crippen molar-refractivity contribution in [2.45, 2.75) is 40.5 Å². The van der Waals surface area contributed by atoms with Gasteiger partial charge in [0.25, 0.3) is 0 Å². The van der Waals surface area contributed by atoms with Gasteiger partial charge in [-0.05, 0) is 47.5 Å². The molecule has 0 rings (SSSR count). The third-order valence-corrected chi connectivity index (χ3v) is 4.37. The molecule has 0 radical (unpaired) electrons. The fourth-order valence-electron chi connectivity index (χ4n) is 2.15. The molecule has 0 spiro atoms. The largest absolute Gasteiger partial charge is 0.203 e. The highest BCUT2D eigenvalue weighted by atomic mass is 19.2. The van der Waals surface area contributed by atoms with Crippen LogP contribution in [0.5, 0.6) is 0 Å². The molecule has 0 aliphatic carbocycles. The van der Waals surface area contributed by atoms with Crippen molar-refractivity contribution >= 4 is 0 Å². The highest BCUT2D eigenvalue weighted by molar-refractivity contribution is 5.52. The van der Waals surface area contributed by atoms with Gasteiger partial charge in [0.1, 0.15) is 0 Å². The summed E-state index contributed by atoms with van der Waals surface area (Å²) in [5, 5.41) is 0. The summed E-state index contributed by atoms with van der Waals surface area (Å²) in [5.41, 5.74) is 2.50. The van der Waals surface area contributed by atoms with Gasteiger partial charge in [0.15, 0.2) is 11.7 Å². The third kappa shape index (κ3) is 8.94. The van der Waals surface area contributed by atoms with Crippen LogP contribution in [0.2, 0.25) is 0 Å². The summed E-state index contributed by atoms with van der Waals surface area (Å²) in [6, 6.07) is 0. The number of rotatable bonds is 12. The summed E-state index contributed by atoms with van der Waals surface area (Å²) >= 11 is 0. The average molecular weight is 385 g/mol. The van der Waals surface area contributed by atoms with Crippen molar-refractivity contribution in [3.8, 4) is 0 Å². The summed E-state index contributed by atoms with van der Waals surface area (Å²) in [6.45, 7) is 30.6. The molecular weight excluding hydrogens is 350 g/mol. The van der Waals surface area contributed by atoms with E-state index in [1.807, 2.05) is 19.9 Å². The van der Waals surface area contributed by atoms with Gasteiger partial charge in [-0.15, -0.1) is 0 Å². The lowest BCUT2D eigenvalue weighted by Gasteiger charge is -2.15. The zero-order valence-electron chi connectivity index (χ0n) is 17.9. The van der Waals surface area contributed by atoms with Gasteiger partial charge in [0, 0.05) is 5.57 Å². The van der Waals surface area contributed by atoms with Gasteiger partial charge < -0.3 is 0 Å². The van der Waals surface area contributed by atoms with Crippen molar-refractivity contribution in [1.29, 1.82) is 0 Å². The highest BCUT2D eigenvalue weighted by Gasteiger charge is 2.18. The van der Waals surface area contributed by atoms with Crippen LogP contribution in [0.4, 0.5) is 8.78 Å². The Labute approximate surface area is 170 Å². The van der Waals surface area contributed by atoms with Gasteiger partial charge in [-0.25, -0.2) is 8.78 Å². The fraction of sp³-hybridized carbons (Fsp3) is 0.308. The number of hydrogen-bond acceptors (Lipinski definition) is 0. The zero-order chi connectivity index (χ0) is 22.0. The number of allylic oxidation sites excluding steroid dienone is 12. The molecule has 0 aliphatic rings. The van der Waals surface area contributed by atoms with Crippen molar-refractivity contribution in [3.63, 3.8) is 0 Å². The van der Waals surface area contributed by atoms with E-state index in [-0.39, 0.29) is 22.6 Å². The Morgan fingerprint density at radius 3 is 1.64 bits per heavy atom. The Balaban J connectivity index is 5.14. The molecule has 0 heterocycles. The normalized spacial score (nSPS) is 13.5. The van der Waals surface area contributed by atoms with Gasteiger partial charge in [0.05, 0.1) is 0 Å². The summed E-state index contributed by atoms with van der Waals surface area (Å²) in [6.07, 6.45) is 8.47. The first-order valence-corrected chi connectivity index (χ1v) is 9.41. The predicted octanol–water partition coefficient (Wildman–Crippen LogP) is 8.68. The molecule has 0 bridgehead atoms.